The molecule has 6 rings (SSSR count). The Kier molecular flexibility index (Phi) is 8.66. The van der Waals surface area contributed by atoms with E-state index in [0.29, 0.717) is 35.9 Å². The van der Waals surface area contributed by atoms with E-state index >= 15 is 0 Å². The van der Waals surface area contributed by atoms with Crippen molar-refractivity contribution in [3.63, 3.8) is 0 Å². The predicted octanol–water partition coefficient (Wildman–Crippen LogP) is 6.38. The summed E-state index contributed by atoms with van der Waals surface area (Å²) in [4.78, 5) is 20.7. The SMILES string of the molecule is CN(CCO[Si](c1ccccc1)(c1ccccc1)C(C)(C)C)C(=O)c1c2cc(Cc3ccccc3)cnc2c(O)c2c(O)n(C)cc12. The summed E-state index contributed by atoms with van der Waals surface area (Å²) in [5.41, 5.74) is 2.69. The van der Waals surface area contributed by atoms with Crippen molar-refractivity contribution < 1.29 is 19.4 Å². The Morgan fingerprint density at radius 3 is 2.02 bits per heavy atom. The number of aromatic nitrogens is 2. The van der Waals surface area contributed by atoms with Crippen LogP contribution < -0.4 is 10.4 Å². The molecule has 47 heavy (non-hydrogen) atoms. The van der Waals surface area contributed by atoms with E-state index < -0.39 is 8.32 Å². The number of nitrogens with zero attached hydrogens (tertiary/aromatic N) is 3. The maximum Gasteiger partial charge on any atom is 0.261 e. The number of rotatable bonds is 9. The van der Waals surface area contributed by atoms with Gasteiger partial charge in [-0.05, 0) is 39.0 Å². The van der Waals surface area contributed by atoms with Crippen molar-refractivity contribution in [1.29, 1.82) is 0 Å². The number of benzene rings is 4. The largest absolute Gasteiger partial charge is 0.505 e. The van der Waals surface area contributed by atoms with Crippen LogP contribution in [0.25, 0.3) is 21.7 Å². The molecule has 0 saturated carbocycles. The van der Waals surface area contributed by atoms with Gasteiger partial charge in [0.25, 0.3) is 14.2 Å². The molecule has 6 aromatic rings. The van der Waals surface area contributed by atoms with Gasteiger partial charge in [-0.3, -0.25) is 9.78 Å². The quantitative estimate of drug-likeness (QED) is 0.179. The van der Waals surface area contributed by atoms with E-state index in [9.17, 15) is 15.0 Å². The van der Waals surface area contributed by atoms with Crippen molar-refractivity contribution in [2.45, 2.75) is 32.2 Å². The minimum absolute atomic E-state index is 0.124. The molecule has 0 fully saturated rings. The van der Waals surface area contributed by atoms with Crippen molar-refractivity contribution in [2.24, 2.45) is 7.05 Å². The Hall–Kier alpha value is -4.92. The lowest BCUT2D eigenvalue weighted by Gasteiger charge is -2.43. The van der Waals surface area contributed by atoms with Gasteiger partial charge in [0.05, 0.1) is 17.6 Å². The molecule has 1 amide bonds. The number of aromatic hydroxyl groups is 2. The number of likely N-dealkylation sites (N-methyl/N-ethyl adjacent to an activating group) is 1. The van der Waals surface area contributed by atoms with E-state index in [1.165, 1.54) is 14.9 Å². The summed E-state index contributed by atoms with van der Waals surface area (Å²) in [6.07, 6.45) is 4.03. The van der Waals surface area contributed by atoms with Crippen LogP contribution in [-0.2, 0) is 17.9 Å². The van der Waals surface area contributed by atoms with Crippen molar-refractivity contribution in [3.05, 3.63) is 126 Å². The van der Waals surface area contributed by atoms with Crippen molar-refractivity contribution in [2.75, 3.05) is 20.2 Å². The van der Waals surface area contributed by atoms with Crippen LogP contribution in [0.2, 0.25) is 5.04 Å². The fourth-order valence-electron chi connectivity index (χ4n) is 6.74. The lowest BCUT2D eigenvalue weighted by atomic mass is 9.97. The van der Waals surface area contributed by atoms with Crippen LogP contribution in [0, 0.1) is 0 Å². The Labute approximate surface area is 276 Å². The molecular formula is C39H41N3O4Si. The molecule has 0 saturated heterocycles. The number of carbonyl (C=O) groups is 1. The zero-order valence-corrected chi connectivity index (χ0v) is 28.6. The molecule has 0 aliphatic heterocycles. The number of pyridine rings is 1. The van der Waals surface area contributed by atoms with Crippen molar-refractivity contribution >= 4 is 46.3 Å². The first-order valence-electron chi connectivity index (χ1n) is 15.9. The smallest absolute Gasteiger partial charge is 0.261 e. The highest BCUT2D eigenvalue weighted by Crippen LogP contribution is 2.43. The fraction of sp³-hybridized carbons (Fsp3) is 0.231. The van der Waals surface area contributed by atoms with Crippen LogP contribution in [0.4, 0.5) is 0 Å². The molecule has 0 bridgehead atoms. The molecule has 2 N–H and O–H groups in total. The third-order valence-electron chi connectivity index (χ3n) is 9.07. The van der Waals surface area contributed by atoms with E-state index in [1.54, 1.807) is 31.4 Å². The predicted molar refractivity (Wildman–Crippen MR) is 191 cm³/mol. The van der Waals surface area contributed by atoms with Crippen LogP contribution >= 0.6 is 0 Å². The van der Waals surface area contributed by atoms with Crippen LogP contribution in [0.1, 0.15) is 42.3 Å². The standard InChI is InChI=1S/C39H41N3O4Si/c1-39(2,3)47(29-17-11-7-12-18-29,30-19-13-8-14-20-30)46-22-21-41(4)37(44)33-31-24-28(23-27-15-9-6-10-16-27)25-40-35(31)36(43)34-32(33)26-42(5)38(34)45/h6-20,24-26,43,45H,21-23H2,1-5H3. The van der Waals surface area contributed by atoms with Gasteiger partial charge < -0.3 is 24.1 Å². The van der Waals surface area contributed by atoms with Gasteiger partial charge in [-0.1, -0.05) is 112 Å². The lowest BCUT2D eigenvalue weighted by Crippen LogP contribution is -2.67. The Morgan fingerprint density at radius 1 is 0.872 bits per heavy atom. The van der Waals surface area contributed by atoms with E-state index in [-0.39, 0.29) is 33.5 Å². The first kappa shape index (κ1) is 32.0. The molecule has 240 valence electrons. The third-order valence-corrected chi connectivity index (χ3v) is 14.1. The average Bonchev–Trinajstić information content (AvgIpc) is 3.36. The minimum Gasteiger partial charge on any atom is -0.505 e. The summed E-state index contributed by atoms with van der Waals surface area (Å²) in [6, 6.07) is 32.9. The Morgan fingerprint density at radius 2 is 1.45 bits per heavy atom. The van der Waals surface area contributed by atoms with Crippen LogP contribution in [-0.4, -0.2) is 59.1 Å². The minimum atomic E-state index is -2.79. The number of hydrogen-bond acceptors (Lipinski definition) is 5. The molecule has 0 aliphatic carbocycles. The highest BCUT2D eigenvalue weighted by molar-refractivity contribution is 6.99. The first-order chi connectivity index (χ1) is 22.5. The topological polar surface area (TPSA) is 87.8 Å². The monoisotopic (exact) mass is 643 g/mol. The van der Waals surface area contributed by atoms with E-state index in [0.717, 1.165) is 11.1 Å². The highest BCUT2D eigenvalue weighted by Gasteiger charge is 2.50. The Bertz CT molecular complexity index is 2000. The number of phenolic OH excluding ortho intramolecular Hbond substituents is 1. The summed E-state index contributed by atoms with van der Waals surface area (Å²) in [6.45, 7) is 7.36. The summed E-state index contributed by atoms with van der Waals surface area (Å²) < 4.78 is 8.59. The number of amides is 1. The van der Waals surface area contributed by atoms with Crippen LogP contribution in [0.5, 0.6) is 11.6 Å². The molecule has 8 heteroatoms. The highest BCUT2D eigenvalue weighted by atomic mass is 28.4. The van der Waals surface area contributed by atoms with Crippen LogP contribution in [0.3, 0.4) is 0 Å². The number of carbonyl (C=O) groups excluding carboxylic acids is 1. The maximum atomic E-state index is 14.4. The van der Waals surface area contributed by atoms with Gasteiger partial charge >= 0.3 is 0 Å². The lowest BCUT2D eigenvalue weighted by molar-refractivity contribution is 0.0775. The summed E-state index contributed by atoms with van der Waals surface area (Å²) in [7, 11) is 0.662. The van der Waals surface area contributed by atoms with Gasteiger partial charge in [0.2, 0.25) is 5.88 Å². The van der Waals surface area contributed by atoms with Gasteiger partial charge in [-0.25, -0.2) is 0 Å². The summed E-state index contributed by atoms with van der Waals surface area (Å²) >= 11 is 0. The summed E-state index contributed by atoms with van der Waals surface area (Å²) in [5, 5.41) is 25.6. The molecule has 4 aromatic carbocycles. The second-order valence-corrected chi connectivity index (χ2v) is 17.5. The Balaban J connectivity index is 1.38. The first-order valence-corrected chi connectivity index (χ1v) is 17.8. The second-order valence-electron chi connectivity index (χ2n) is 13.2. The molecule has 0 unspecified atom stereocenters. The molecule has 7 nitrogen and oxygen atoms in total. The van der Waals surface area contributed by atoms with Gasteiger partial charge in [0.1, 0.15) is 5.52 Å². The molecule has 0 spiro atoms. The van der Waals surface area contributed by atoms with E-state index in [2.05, 4.69) is 74.3 Å². The molecule has 0 radical (unpaired) electrons. The molecular weight excluding hydrogens is 603 g/mol. The van der Waals surface area contributed by atoms with Gasteiger partial charge in [-0.15, -0.1) is 0 Å². The number of phenols is 1. The molecule has 2 heterocycles. The van der Waals surface area contributed by atoms with E-state index in [4.69, 9.17) is 4.43 Å². The number of fused-ring (bicyclic) bond motifs is 2. The van der Waals surface area contributed by atoms with Gasteiger partial charge in [0.15, 0.2) is 5.75 Å². The zero-order chi connectivity index (χ0) is 33.3. The fourth-order valence-corrected chi connectivity index (χ4v) is 11.3. The normalized spacial score (nSPS) is 12.1. The second kappa shape index (κ2) is 12.7. The van der Waals surface area contributed by atoms with Crippen molar-refractivity contribution in [1.82, 2.24) is 14.5 Å². The van der Waals surface area contributed by atoms with Crippen molar-refractivity contribution in [3.8, 4) is 11.6 Å². The maximum absolute atomic E-state index is 14.4. The summed E-state index contributed by atoms with van der Waals surface area (Å²) in [5.74, 6) is -0.509. The third kappa shape index (κ3) is 5.79. The number of aryl methyl sites for hydroxylation is 1. The van der Waals surface area contributed by atoms with E-state index in [1.807, 2.05) is 48.5 Å². The zero-order valence-electron chi connectivity index (χ0n) is 27.6. The molecule has 0 atom stereocenters. The average molecular weight is 644 g/mol. The van der Waals surface area contributed by atoms with Gasteiger partial charge in [-0.2, -0.15) is 0 Å². The number of hydrogen-bond donors (Lipinski definition) is 2. The van der Waals surface area contributed by atoms with Crippen LogP contribution in [0.15, 0.2) is 109 Å². The molecule has 0 aliphatic rings. The molecule has 2 aromatic heterocycles. The van der Waals surface area contributed by atoms with Gasteiger partial charge in [0, 0.05) is 43.8 Å².